The molecular weight excluding hydrogens is 307 g/mol. The lowest BCUT2D eigenvalue weighted by Crippen LogP contribution is -2.44. The van der Waals surface area contributed by atoms with Gasteiger partial charge >= 0.3 is 0 Å². The van der Waals surface area contributed by atoms with Gasteiger partial charge in [-0.1, -0.05) is 12.1 Å². The smallest absolute Gasteiger partial charge is 0.191 e. The number of aliphatic imine (C=N–C) groups is 1. The molecule has 0 aromatic heterocycles. The molecule has 0 spiro atoms. The van der Waals surface area contributed by atoms with E-state index in [1.165, 1.54) is 6.07 Å². The molecule has 6 heteroatoms. The van der Waals surface area contributed by atoms with Crippen LogP contribution in [0.15, 0.2) is 29.3 Å². The van der Waals surface area contributed by atoms with Crippen LogP contribution in [0.2, 0.25) is 0 Å². The van der Waals surface area contributed by atoms with E-state index < -0.39 is 0 Å². The van der Waals surface area contributed by atoms with Crippen molar-refractivity contribution in [1.82, 2.24) is 16.0 Å². The molecule has 0 saturated heterocycles. The Balaban J connectivity index is 2.45. The topological polar surface area (TPSA) is 57.7 Å². The van der Waals surface area contributed by atoms with Crippen LogP contribution in [-0.4, -0.2) is 43.8 Å². The second kappa shape index (κ2) is 10.1. The molecule has 1 aromatic rings. The molecule has 136 valence electrons. The van der Waals surface area contributed by atoms with E-state index in [0.717, 1.165) is 25.6 Å². The Morgan fingerprint density at radius 3 is 2.54 bits per heavy atom. The van der Waals surface area contributed by atoms with Gasteiger partial charge in [0.2, 0.25) is 0 Å². The van der Waals surface area contributed by atoms with E-state index in [0.29, 0.717) is 6.54 Å². The highest BCUT2D eigenvalue weighted by Gasteiger charge is 2.09. The van der Waals surface area contributed by atoms with Crippen molar-refractivity contribution in [2.24, 2.45) is 4.99 Å². The molecule has 1 aromatic carbocycles. The van der Waals surface area contributed by atoms with Crippen LogP contribution < -0.4 is 20.7 Å². The summed E-state index contributed by atoms with van der Waals surface area (Å²) in [5, 5.41) is 9.87. The Labute approximate surface area is 145 Å². The molecule has 0 aliphatic heterocycles. The maximum absolute atomic E-state index is 13.6. The van der Waals surface area contributed by atoms with Gasteiger partial charge in [-0.3, -0.25) is 0 Å². The van der Waals surface area contributed by atoms with E-state index in [-0.39, 0.29) is 23.2 Å². The molecule has 3 N–H and O–H groups in total. The summed E-state index contributed by atoms with van der Waals surface area (Å²) in [5.41, 5.74) is 0.0965. The molecule has 0 bridgehead atoms. The molecule has 0 saturated carbocycles. The highest BCUT2D eigenvalue weighted by Crippen LogP contribution is 2.16. The van der Waals surface area contributed by atoms with Crippen molar-refractivity contribution in [2.45, 2.75) is 46.3 Å². The quantitative estimate of drug-likeness (QED) is 0.387. The number of halogens is 1. The van der Waals surface area contributed by atoms with Crippen molar-refractivity contribution < 1.29 is 9.13 Å². The van der Waals surface area contributed by atoms with Crippen molar-refractivity contribution in [2.75, 3.05) is 26.2 Å². The maximum atomic E-state index is 13.6. The van der Waals surface area contributed by atoms with E-state index in [2.05, 4.69) is 41.7 Å². The van der Waals surface area contributed by atoms with Crippen molar-refractivity contribution in [3.05, 3.63) is 30.1 Å². The summed E-state index contributed by atoms with van der Waals surface area (Å²) in [7, 11) is 0. The summed E-state index contributed by atoms with van der Waals surface area (Å²) in [4.78, 5) is 4.49. The number of nitrogens with one attached hydrogen (secondary N) is 3. The lowest BCUT2D eigenvalue weighted by Gasteiger charge is -2.21. The van der Waals surface area contributed by atoms with Gasteiger partial charge in [-0.05, 0) is 46.8 Å². The predicted octanol–water partition coefficient (Wildman–Crippen LogP) is 2.54. The van der Waals surface area contributed by atoms with Gasteiger partial charge in [-0.2, -0.15) is 0 Å². The molecule has 1 atom stereocenters. The highest BCUT2D eigenvalue weighted by molar-refractivity contribution is 5.79. The van der Waals surface area contributed by atoms with Crippen LogP contribution in [-0.2, 0) is 0 Å². The van der Waals surface area contributed by atoms with E-state index >= 15 is 0 Å². The second-order valence-corrected chi connectivity index (χ2v) is 6.68. The van der Waals surface area contributed by atoms with Crippen molar-refractivity contribution in [3.63, 3.8) is 0 Å². The normalized spacial score (nSPS) is 13.5. The number of para-hydroxylation sites is 1. The number of benzene rings is 1. The third kappa shape index (κ3) is 8.72. The third-order valence-electron chi connectivity index (χ3n) is 3.09. The molecule has 1 rings (SSSR count). The summed E-state index contributed by atoms with van der Waals surface area (Å²) >= 11 is 0. The predicted molar refractivity (Wildman–Crippen MR) is 98.2 cm³/mol. The van der Waals surface area contributed by atoms with Gasteiger partial charge in [0.25, 0.3) is 0 Å². The zero-order chi connectivity index (χ0) is 18.0. The molecule has 0 fully saturated rings. The Morgan fingerprint density at radius 1 is 1.21 bits per heavy atom. The van der Waals surface area contributed by atoms with Crippen molar-refractivity contribution in [3.8, 4) is 5.75 Å². The van der Waals surface area contributed by atoms with Gasteiger partial charge in [-0.25, -0.2) is 9.38 Å². The van der Waals surface area contributed by atoms with Crippen molar-refractivity contribution in [1.29, 1.82) is 0 Å². The summed E-state index contributed by atoms with van der Waals surface area (Å²) in [5.74, 6) is 0.636. The van der Waals surface area contributed by atoms with Crippen LogP contribution >= 0.6 is 0 Å². The first-order valence-corrected chi connectivity index (χ1v) is 8.50. The van der Waals surface area contributed by atoms with Crippen LogP contribution in [0.4, 0.5) is 4.39 Å². The lowest BCUT2D eigenvalue weighted by atomic mass is 10.1. The second-order valence-electron chi connectivity index (χ2n) is 6.68. The van der Waals surface area contributed by atoms with Crippen LogP contribution in [0.1, 0.15) is 34.6 Å². The van der Waals surface area contributed by atoms with Gasteiger partial charge in [0.1, 0.15) is 6.10 Å². The summed E-state index contributed by atoms with van der Waals surface area (Å²) in [6, 6.07) is 6.41. The van der Waals surface area contributed by atoms with Crippen LogP contribution in [0.3, 0.4) is 0 Å². The van der Waals surface area contributed by atoms with Gasteiger partial charge < -0.3 is 20.7 Å². The van der Waals surface area contributed by atoms with Gasteiger partial charge in [0.05, 0.1) is 6.54 Å². The summed E-state index contributed by atoms with van der Waals surface area (Å²) < 4.78 is 19.2. The summed E-state index contributed by atoms with van der Waals surface area (Å²) in [6.07, 6.45) is -0.218. The average molecular weight is 338 g/mol. The highest BCUT2D eigenvalue weighted by atomic mass is 19.1. The minimum atomic E-state index is -0.355. The minimum absolute atomic E-state index is 0.0965. The van der Waals surface area contributed by atoms with E-state index in [1.807, 2.05) is 13.8 Å². The Kier molecular flexibility index (Phi) is 8.54. The Bertz CT molecular complexity index is 514. The zero-order valence-corrected chi connectivity index (χ0v) is 15.4. The monoisotopic (exact) mass is 338 g/mol. The first-order valence-electron chi connectivity index (χ1n) is 8.50. The maximum Gasteiger partial charge on any atom is 0.191 e. The molecule has 0 radical (unpaired) electrons. The van der Waals surface area contributed by atoms with Crippen LogP contribution in [0.25, 0.3) is 0 Å². The largest absolute Gasteiger partial charge is 0.486 e. The molecule has 24 heavy (non-hydrogen) atoms. The first-order chi connectivity index (χ1) is 11.3. The van der Waals surface area contributed by atoms with Crippen LogP contribution in [0, 0.1) is 5.82 Å². The molecule has 0 aliphatic rings. The molecular formula is C18H31FN4O. The van der Waals surface area contributed by atoms with E-state index in [4.69, 9.17) is 4.74 Å². The fourth-order valence-electron chi connectivity index (χ4n) is 1.97. The number of hydrogen-bond donors (Lipinski definition) is 3. The Hall–Kier alpha value is -1.82. The fraction of sp³-hybridized carbons (Fsp3) is 0.611. The third-order valence-corrected chi connectivity index (χ3v) is 3.09. The van der Waals surface area contributed by atoms with Crippen LogP contribution in [0.5, 0.6) is 5.75 Å². The zero-order valence-electron chi connectivity index (χ0n) is 15.4. The van der Waals surface area contributed by atoms with E-state index in [1.54, 1.807) is 18.2 Å². The molecule has 0 aliphatic carbocycles. The number of hydrogen-bond acceptors (Lipinski definition) is 3. The SMILES string of the molecule is CCNC(=NCC(C)Oc1ccccc1F)NCCNC(C)(C)C. The number of ether oxygens (including phenoxy) is 1. The fourth-order valence-corrected chi connectivity index (χ4v) is 1.97. The number of nitrogens with zero attached hydrogens (tertiary/aromatic N) is 1. The molecule has 5 nitrogen and oxygen atoms in total. The first kappa shape index (κ1) is 20.2. The molecule has 1 unspecified atom stereocenters. The van der Waals surface area contributed by atoms with Gasteiger partial charge in [0.15, 0.2) is 17.5 Å². The molecule has 0 amide bonds. The summed E-state index contributed by atoms with van der Waals surface area (Å²) in [6.45, 7) is 13.1. The van der Waals surface area contributed by atoms with Crippen molar-refractivity contribution >= 4 is 5.96 Å². The lowest BCUT2D eigenvalue weighted by molar-refractivity contribution is 0.220. The van der Waals surface area contributed by atoms with Gasteiger partial charge in [-0.15, -0.1) is 0 Å². The Morgan fingerprint density at radius 2 is 1.92 bits per heavy atom. The minimum Gasteiger partial charge on any atom is -0.486 e. The number of rotatable bonds is 8. The number of guanidine groups is 1. The molecule has 0 heterocycles. The average Bonchev–Trinajstić information content (AvgIpc) is 2.50. The standard InChI is InChI=1S/C18H31FN4O/c1-6-20-17(21-11-12-23-18(3,4)5)22-13-14(2)24-16-10-8-7-9-15(16)19/h7-10,14,23H,6,11-13H2,1-5H3,(H2,20,21,22). The van der Waals surface area contributed by atoms with Gasteiger partial charge in [0, 0.05) is 25.2 Å². The van der Waals surface area contributed by atoms with E-state index in [9.17, 15) is 4.39 Å².